The summed E-state index contributed by atoms with van der Waals surface area (Å²) in [7, 11) is 8.02. The van der Waals surface area contributed by atoms with E-state index in [1.165, 1.54) is 25.9 Å². The van der Waals surface area contributed by atoms with Crippen LogP contribution < -0.4 is 0 Å². The summed E-state index contributed by atoms with van der Waals surface area (Å²) in [5, 5.41) is 0. The molecule has 2 atom stereocenters. The first-order chi connectivity index (χ1) is 5.75. The van der Waals surface area contributed by atoms with Crippen molar-refractivity contribution in [3.05, 3.63) is 0 Å². The predicted octanol–water partition coefficient (Wildman–Crippen LogP) is 0.343. The minimum atomic E-state index is 0.836. The topological polar surface area (TPSA) is 6.48 Å². The van der Waals surface area contributed by atoms with Gasteiger partial charge in [0.05, 0.1) is 0 Å². The second-order valence-electron chi connectivity index (χ2n) is 4.35. The Kier molecular flexibility index (Phi) is 2.42. The zero-order valence-corrected chi connectivity index (χ0v) is 7.87. The molecule has 0 aliphatic carbocycles. The Morgan fingerprint density at radius 2 is 1.83 bits per heavy atom. The molecule has 0 aromatic rings. The van der Waals surface area contributed by atoms with Crippen LogP contribution in [0.25, 0.3) is 0 Å². The predicted molar refractivity (Wildman–Crippen MR) is 51.0 cm³/mol. The minimum Gasteiger partial charge on any atom is -0.353 e. The molecule has 2 radical (unpaired) electrons. The van der Waals surface area contributed by atoms with Gasteiger partial charge in [0.25, 0.3) is 0 Å². The first-order valence-electron chi connectivity index (χ1n) is 4.94. The van der Waals surface area contributed by atoms with Crippen molar-refractivity contribution in [2.24, 2.45) is 11.8 Å². The molecule has 2 heterocycles. The van der Waals surface area contributed by atoms with E-state index < -0.39 is 0 Å². The van der Waals surface area contributed by atoms with Crippen molar-refractivity contribution in [3.8, 4) is 0 Å². The van der Waals surface area contributed by atoms with Crippen LogP contribution in [-0.2, 0) is 0 Å². The Morgan fingerprint density at radius 1 is 1.08 bits per heavy atom. The maximum Gasteiger partial charge on any atom is 0.182 e. The molecule has 2 unspecified atom stereocenters. The fourth-order valence-electron chi connectivity index (χ4n) is 2.57. The average molecular weight is 164 g/mol. The Morgan fingerprint density at radius 3 is 2.67 bits per heavy atom. The van der Waals surface area contributed by atoms with Gasteiger partial charge in [-0.25, -0.2) is 0 Å². The number of piperidine rings is 2. The molecular weight excluding hydrogens is 147 g/mol. The summed E-state index contributed by atoms with van der Waals surface area (Å²) in [5.41, 5.74) is 0. The van der Waals surface area contributed by atoms with Crippen LogP contribution in [0, 0.1) is 11.8 Å². The zero-order chi connectivity index (χ0) is 8.55. The summed E-state index contributed by atoms with van der Waals surface area (Å²) in [6.07, 6.45) is 2.70. The molecule has 0 N–H and O–H groups in total. The van der Waals surface area contributed by atoms with Crippen molar-refractivity contribution in [2.45, 2.75) is 12.8 Å². The molecule has 0 bridgehead atoms. The third-order valence-corrected chi connectivity index (χ3v) is 3.35. The van der Waals surface area contributed by atoms with Crippen molar-refractivity contribution in [3.63, 3.8) is 0 Å². The molecule has 0 aromatic heterocycles. The molecule has 3 heteroatoms. The number of fused-ring (bicyclic) bond motifs is 1. The average Bonchev–Trinajstić information content (AvgIpc) is 2.03. The third-order valence-electron chi connectivity index (χ3n) is 3.35. The summed E-state index contributed by atoms with van der Waals surface area (Å²) in [6.45, 7) is 4.74. The van der Waals surface area contributed by atoms with E-state index in [1.54, 1.807) is 0 Å². The van der Waals surface area contributed by atoms with Gasteiger partial charge in [-0.05, 0) is 51.4 Å². The summed E-state index contributed by atoms with van der Waals surface area (Å²) >= 11 is 0. The van der Waals surface area contributed by atoms with Gasteiger partial charge < -0.3 is 9.71 Å². The molecule has 2 saturated heterocycles. The molecule has 12 heavy (non-hydrogen) atoms. The van der Waals surface area contributed by atoms with Crippen molar-refractivity contribution in [2.75, 3.05) is 33.2 Å². The first kappa shape index (κ1) is 8.58. The molecule has 0 saturated carbocycles. The molecule has 66 valence electrons. The van der Waals surface area contributed by atoms with Crippen LogP contribution in [0.2, 0.25) is 0 Å². The Bertz CT molecular complexity index is 147. The number of likely N-dealkylation sites (tertiary alicyclic amines) is 1. The van der Waals surface area contributed by atoms with E-state index in [1.807, 2.05) is 4.81 Å². The fraction of sp³-hybridized carbons (Fsp3) is 1.00. The quantitative estimate of drug-likeness (QED) is 0.476. The van der Waals surface area contributed by atoms with Gasteiger partial charge in [-0.3, -0.25) is 0 Å². The van der Waals surface area contributed by atoms with Gasteiger partial charge in [-0.1, -0.05) is 0 Å². The van der Waals surface area contributed by atoms with E-state index in [0.717, 1.165) is 24.9 Å². The lowest BCUT2D eigenvalue weighted by Crippen LogP contribution is -2.48. The van der Waals surface area contributed by atoms with Gasteiger partial charge in [0.2, 0.25) is 0 Å². The maximum atomic E-state index is 5.80. The summed E-state index contributed by atoms with van der Waals surface area (Å²) in [5.74, 6) is 1.79. The van der Waals surface area contributed by atoms with Gasteiger partial charge in [0.1, 0.15) is 0 Å². The van der Waals surface area contributed by atoms with Crippen LogP contribution in [0.3, 0.4) is 0 Å². The van der Waals surface area contributed by atoms with Crippen LogP contribution in [0.15, 0.2) is 0 Å². The summed E-state index contributed by atoms with van der Waals surface area (Å²) < 4.78 is 0. The number of nitrogens with zero attached hydrogens (tertiary/aromatic N) is 2. The third kappa shape index (κ3) is 1.67. The van der Waals surface area contributed by atoms with Gasteiger partial charge in [-0.2, -0.15) is 0 Å². The Labute approximate surface area is 76.3 Å². The largest absolute Gasteiger partial charge is 0.353 e. The lowest BCUT2D eigenvalue weighted by atomic mass is 9.79. The van der Waals surface area contributed by atoms with Crippen molar-refractivity contribution in [1.29, 1.82) is 0 Å². The molecular formula is C9H17BN2. The molecule has 2 aliphatic rings. The number of hydrogen-bond donors (Lipinski definition) is 0. The highest BCUT2D eigenvalue weighted by Gasteiger charge is 2.31. The maximum absolute atomic E-state index is 5.80. The summed E-state index contributed by atoms with van der Waals surface area (Å²) in [4.78, 5) is 4.42. The first-order valence-corrected chi connectivity index (χ1v) is 4.94. The smallest absolute Gasteiger partial charge is 0.182 e. The van der Waals surface area contributed by atoms with Crippen LogP contribution in [0.1, 0.15) is 12.8 Å². The highest BCUT2D eigenvalue weighted by molar-refractivity contribution is 6.04. The molecule has 2 fully saturated rings. The van der Waals surface area contributed by atoms with Crippen LogP contribution in [-0.4, -0.2) is 50.9 Å². The monoisotopic (exact) mass is 164 g/mol. The lowest BCUT2D eigenvalue weighted by Gasteiger charge is -2.43. The van der Waals surface area contributed by atoms with Crippen LogP contribution in [0.5, 0.6) is 0 Å². The molecule has 2 aliphatic heterocycles. The standard InChI is InChI=1S/C9H17BN2/c1-11-4-2-8-3-5-12(10)7-9(8)6-11/h8-9H,2-7H2,1H3. The van der Waals surface area contributed by atoms with E-state index in [-0.39, 0.29) is 0 Å². The minimum absolute atomic E-state index is 0.836. The molecule has 2 rings (SSSR count). The van der Waals surface area contributed by atoms with Crippen LogP contribution in [0.4, 0.5) is 0 Å². The molecule has 0 amide bonds. The van der Waals surface area contributed by atoms with E-state index in [4.69, 9.17) is 7.98 Å². The SMILES string of the molecule is [B]N1CCC2CCN(C)CC2C1. The van der Waals surface area contributed by atoms with Crippen molar-refractivity contribution >= 4 is 7.98 Å². The number of hydrogen-bond acceptors (Lipinski definition) is 2. The molecule has 2 nitrogen and oxygen atoms in total. The van der Waals surface area contributed by atoms with E-state index >= 15 is 0 Å². The van der Waals surface area contributed by atoms with Crippen molar-refractivity contribution < 1.29 is 0 Å². The van der Waals surface area contributed by atoms with E-state index in [0.29, 0.717) is 0 Å². The highest BCUT2D eigenvalue weighted by atomic mass is 15.1. The molecule has 0 spiro atoms. The van der Waals surface area contributed by atoms with E-state index in [9.17, 15) is 0 Å². The fourth-order valence-corrected chi connectivity index (χ4v) is 2.57. The zero-order valence-electron chi connectivity index (χ0n) is 7.87. The van der Waals surface area contributed by atoms with Crippen molar-refractivity contribution in [1.82, 2.24) is 9.71 Å². The van der Waals surface area contributed by atoms with E-state index in [2.05, 4.69) is 11.9 Å². The van der Waals surface area contributed by atoms with Gasteiger partial charge in [0.15, 0.2) is 7.98 Å². The second kappa shape index (κ2) is 3.39. The van der Waals surface area contributed by atoms with Gasteiger partial charge in [0, 0.05) is 6.54 Å². The number of rotatable bonds is 0. The summed E-state index contributed by atoms with van der Waals surface area (Å²) in [6, 6.07) is 0. The Balaban J connectivity index is 1.94. The molecule has 0 aromatic carbocycles. The lowest BCUT2D eigenvalue weighted by molar-refractivity contribution is 0.0862. The van der Waals surface area contributed by atoms with Crippen LogP contribution >= 0.6 is 0 Å². The normalized spacial score (nSPS) is 39.4. The van der Waals surface area contributed by atoms with Gasteiger partial charge >= 0.3 is 0 Å². The van der Waals surface area contributed by atoms with Gasteiger partial charge in [-0.15, -0.1) is 0 Å². The highest BCUT2D eigenvalue weighted by Crippen LogP contribution is 2.29. The Hall–Kier alpha value is -0.0151. The second-order valence-corrected chi connectivity index (χ2v) is 4.35.